The smallest absolute Gasteiger partial charge is 0.461 e. The lowest BCUT2D eigenvalue weighted by Crippen LogP contribution is -2.41. The van der Waals surface area contributed by atoms with Crippen LogP contribution in [0.15, 0.2) is 30.3 Å². The molecule has 1 aromatic rings. The van der Waals surface area contributed by atoms with E-state index in [0.717, 1.165) is 38.5 Å². The summed E-state index contributed by atoms with van der Waals surface area (Å²) in [6.45, 7) is 11.0. The van der Waals surface area contributed by atoms with Crippen LogP contribution >= 0.6 is 0 Å². The van der Waals surface area contributed by atoms with Gasteiger partial charge in [-0.2, -0.15) is 0 Å². The number of carbonyl (C=O) groups excluding carboxylic acids is 1. The van der Waals surface area contributed by atoms with Gasteiger partial charge in [0.1, 0.15) is 0 Å². The maximum atomic E-state index is 12.2. The molecule has 1 saturated heterocycles. The van der Waals surface area contributed by atoms with Crippen LogP contribution in [0, 0.1) is 0 Å². The quantitative estimate of drug-likeness (QED) is 0.281. The van der Waals surface area contributed by atoms with Gasteiger partial charge in [-0.1, -0.05) is 56.5 Å². The highest BCUT2D eigenvalue weighted by molar-refractivity contribution is 6.47. The van der Waals surface area contributed by atoms with Crippen molar-refractivity contribution >= 4 is 13.1 Å². The summed E-state index contributed by atoms with van der Waals surface area (Å²) in [5.74, 6) is 0.101. The van der Waals surface area contributed by atoms with Gasteiger partial charge in [0, 0.05) is 6.42 Å². The summed E-state index contributed by atoms with van der Waals surface area (Å²) in [6.07, 6.45) is 6.20. The van der Waals surface area contributed by atoms with Gasteiger partial charge in [-0.15, -0.1) is 0 Å². The molecule has 1 aliphatic rings. The first-order valence-electron chi connectivity index (χ1n) is 10.8. The summed E-state index contributed by atoms with van der Waals surface area (Å²) in [5.41, 5.74) is 0.610. The fraction of sp³-hybridized carbons (Fsp3) is 0.696. The standard InChI is InChI=1S/C23H37BO4/c1-6-7-15-20(24-27-22(2,3)23(4,5)28-24)16-17-21(25)26-18-11-14-19-12-9-8-10-13-19/h8-10,12-13,20H,6-7,11,14-18H2,1-5H3. The van der Waals surface area contributed by atoms with E-state index in [4.69, 9.17) is 14.0 Å². The molecule has 0 N–H and O–H groups in total. The van der Waals surface area contributed by atoms with E-state index in [9.17, 15) is 4.79 Å². The molecule has 1 atom stereocenters. The Hall–Kier alpha value is -1.33. The molecule has 1 unspecified atom stereocenters. The minimum absolute atomic E-state index is 0.119. The lowest BCUT2D eigenvalue weighted by atomic mass is 9.67. The summed E-state index contributed by atoms with van der Waals surface area (Å²) >= 11 is 0. The first kappa shape index (κ1) is 23.0. The zero-order valence-corrected chi connectivity index (χ0v) is 18.3. The highest BCUT2D eigenvalue weighted by atomic mass is 16.7. The van der Waals surface area contributed by atoms with Crippen molar-refractivity contribution < 1.29 is 18.8 Å². The summed E-state index contributed by atoms with van der Waals surface area (Å²) in [4.78, 5) is 12.2. The molecule has 1 aromatic carbocycles. The fourth-order valence-electron chi connectivity index (χ4n) is 3.45. The largest absolute Gasteiger partial charge is 0.466 e. The van der Waals surface area contributed by atoms with Gasteiger partial charge in [-0.05, 0) is 58.3 Å². The molecule has 0 radical (unpaired) electrons. The molecular formula is C23H37BO4. The van der Waals surface area contributed by atoms with Crippen molar-refractivity contribution in [1.82, 2.24) is 0 Å². The molecule has 4 nitrogen and oxygen atoms in total. The van der Waals surface area contributed by atoms with E-state index < -0.39 is 0 Å². The van der Waals surface area contributed by atoms with Gasteiger partial charge in [0.05, 0.1) is 17.8 Å². The maximum Gasteiger partial charge on any atom is 0.461 e. The van der Waals surface area contributed by atoms with Gasteiger partial charge in [0.25, 0.3) is 0 Å². The van der Waals surface area contributed by atoms with E-state index in [1.165, 1.54) is 5.56 Å². The highest BCUT2D eigenvalue weighted by Crippen LogP contribution is 2.42. The maximum absolute atomic E-state index is 12.2. The Labute approximate surface area is 171 Å². The molecule has 28 heavy (non-hydrogen) atoms. The monoisotopic (exact) mass is 388 g/mol. The lowest BCUT2D eigenvalue weighted by molar-refractivity contribution is -0.143. The molecule has 1 heterocycles. The van der Waals surface area contributed by atoms with Gasteiger partial charge < -0.3 is 14.0 Å². The van der Waals surface area contributed by atoms with Crippen LogP contribution in [-0.2, 0) is 25.3 Å². The zero-order valence-electron chi connectivity index (χ0n) is 18.3. The van der Waals surface area contributed by atoms with Crippen molar-refractivity contribution in [2.45, 2.75) is 96.6 Å². The van der Waals surface area contributed by atoms with Crippen molar-refractivity contribution in [1.29, 1.82) is 0 Å². The first-order valence-corrected chi connectivity index (χ1v) is 10.8. The molecule has 156 valence electrons. The first-order chi connectivity index (χ1) is 13.2. The Balaban J connectivity index is 1.75. The van der Waals surface area contributed by atoms with Crippen molar-refractivity contribution in [2.75, 3.05) is 6.61 Å². The number of hydrogen-bond acceptors (Lipinski definition) is 4. The summed E-state index contributed by atoms with van der Waals surface area (Å²) in [6, 6.07) is 10.3. The number of rotatable bonds is 11. The second kappa shape index (κ2) is 10.5. The van der Waals surface area contributed by atoms with Crippen LogP contribution in [0.25, 0.3) is 0 Å². The van der Waals surface area contributed by atoms with Gasteiger partial charge in [0.15, 0.2) is 0 Å². The highest BCUT2D eigenvalue weighted by Gasteiger charge is 2.53. The van der Waals surface area contributed by atoms with Crippen molar-refractivity contribution in [3.8, 4) is 0 Å². The van der Waals surface area contributed by atoms with Crippen molar-refractivity contribution in [2.24, 2.45) is 0 Å². The molecule has 0 aromatic heterocycles. The number of hydrogen-bond donors (Lipinski definition) is 0. The Morgan fingerprint density at radius 1 is 1.04 bits per heavy atom. The molecule has 0 spiro atoms. The van der Waals surface area contributed by atoms with E-state index in [2.05, 4.69) is 46.8 Å². The van der Waals surface area contributed by atoms with Crippen LogP contribution in [0.3, 0.4) is 0 Å². The second-order valence-corrected chi connectivity index (χ2v) is 8.88. The third-order valence-corrected chi connectivity index (χ3v) is 6.02. The summed E-state index contributed by atoms with van der Waals surface area (Å²) in [7, 11) is -0.248. The third-order valence-electron chi connectivity index (χ3n) is 6.02. The van der Waals surface area contributed by atoms with Crippen LogP contribution in [0.2, 0.25) is 5.82 Å². The topological polar surface area (TPSA) is 44.8 Å². The Bertz CT molecular complexity index is 584. The Morgan fingerprint density at radius 3 is 2.29 bits per heavy atom. The molecule has 1 aliphatic heterocycles. The van der Waals surface area contributed by atoms with E-state index in [-0.39, 0.29) is 30.1 Å². The predicted molar refractivity (Wildman–Crippen MR) is 114 cm³/mol. The SMILES string of the molecule is CCCCC(CCC(=O)OCCCc1ccccc1)B1OC(C)(C)C(C)(C)O1. The number of unbranched alkanes of at least 4 members (excludes halogenated alkanes) is 1. The Morgan fingerprint density at radius 2 is 1.68 bits per heavy atom. The van der Waals surface area contributed by atoms with Gasteiger partial charge >= 0.3 is 13.1 Å². The van der Waals surface area contributed by atoms with Crippen LogP contribution in [0.5, 0.6) is 0 Å². The van der Waals surface area contributed by atoms with Crippen LogP contribution in [0.1, 0.15) is 78.7 Å². The number of ether oxygens (including phenoxy) is 1. The summed E-state index contributed by atoms with van der Waals surface area (Å²) in [5, 5.41) is 0. The fourth-order valence-corrected chi connectivity index (χ4v) is 3.45. The molecule has 0 bridgehead atoms. The van der Waals surface area contributed by atoms with Gasteiger partial charge in [-0.25, -0.2) is 0 Å². The molecule has 5 heteroatoms. The van der Waals surface area contributed by atoms with Crippen LogP contribution in [0.4, 0.5) is 0 Å². The van der Waals surface area contributed by atoms with E-state index in [1.807, 2.05) is 18.2 Å². The molecular weight excluding hydrogens is 351 g/mol. The molecule has 2 rings (SSSR count). The minimum atomic E-state index is -0.333. The van der Waals surface area contributed by atoms with Gasteiger partial charge in [-0.3, -0.25) is 4.79 Å². The van der Waals surface area contributed by atoms with E-state index in [1.54, 1.807) is 0 Å². The average molecular weight is 388 g/mol. The average Bonchev–Trinajstić information content (AvgIpc) is 2.87. The molecule has 0 aliphatic carbocycles. The van der Waals surface area contributed by atoms with E-state index in [0.29, 0.717) is 13.0 Å². The second-order valence-electron chi connectivity index (χ2n) is 8.88. The van der Waals surface area contributed by atoms with Crippen LogP contribution in [-0.4, -0.2) is 30.9 Å². The number of benzene rings is 1. The number of aryl methyl sites for hydroxylation is 1. The Kier molecular flexibility index (Phi) is 8.57. The molecule has 0 amide bonds. The van der Waals surface area contributed by atoms with Gasteiger partial charge in [0.2, 0.25) is 0 Å². The number of carbonyl (C=O) groups is 1. The van der Waals surface area contributed by atoms with Crippen molar-refractivity contribution in [3.05, 3.63) is 35.9 Å². The predicted octanol–water partition coefficient (Wildman–Crippen LogP) is 5.60. The van der Waals surface area contributed by atoms with Crippen molar-refractivity contribution in [3.63, 3.8) is 0 Å². The minimum Gasteiger partial charge on any atom is -0.466 e. The normalized spacial score (nSPS) is 18.8. The zero-order chi connectivity index (χ0) is 20.6. The van der Waals surface area contributed by atoms with Crippen LogP contribution < -0.4 is 0 Å². The lowest BCUT2D eigenvalue weighted by Gasteiger charge is -2.32. The third kappa shape index (κ3) is 6.63. The van der Waals surface area contributed by atoms with E-state index >= 15 is 0 Å². The molecule has 0 saturated carbocycles. The summed E-state index contributed by atoms with van der Waals surface area (Å²) < 4.78 is 17.9. The molecule has 1 fully saturated rings. The number of esters is 1.